The number of rotatable bonds is 33. The molecule has 0 heterocycles. The molecule has 0 spiro atoms. The SMILES string of the molecule is CCCCCCC/C=C/CC/C=C/CCCC(O)C(O)C(CO)NC(=O)CCCCCCCCCCCCCCCCC. The van der Waals surface area contributed by atoms with Crippen LogP contribution in [-0.4, -0.2) is 46.1 Å². The fourth-order valence-corrected chi connectivity index (χ4v) is 5.59. The monoisotopic (exact) mass is 608 g/mol. The normalized spacial score (nSPS) is 14.1. The van der Waals surface area contributed by atoms with Crippen molar-refractivity contribution in [3.05, 3.63) is 24.3 Å². The Hall–Kier alpha value is -1.17. The molecule has 0 aliphatic rings. The zero-order valence-electron chi connectivity index (χ0n) is 28.6. The van der Waals surface area contributed by atoms with Crippen molar-refractivity contribution in [1.82, 2.24) is 5.32 Å². The van der Waals surface area contributed by atoms with E-state index in [-0.39, 0.29) is 12.5 Å². The van der Waals surface area contributed by atoms with Crippen LogP contribution in [-0.2, 0) is 4.79 Å². The molecule has 0 fully saturated rings. The Morgan fingerprint density at radius 1 is 0.558 bits per heavy atom. The number of hydrogen-bond donors (Lipinski definition) is 4. The Balaban J connectivity index is 3.75. The minimum Gasteiger partial charge on any atom is -0.394 e. The van der Waals surface area contributed by atoms with Gasteiger partial charge in [-0.1, -0.05) is 154 Å². The Bertz CT molecular complexity index is 635. The minimum atomic E-state index is -1.16. The van der Waals surface area contributed by atoms with Gasteiger partial charge in [-0.05, 0) is 51.4 Å². The highest BCUT2D eigenvalue weighted by atomic mass is 16.3. The van der Waals surface area contributed by atoms with E-state index >= 15 is 0 Å². The van der Waals surface area contributed by atoms with Gasteiger partial charge in [0, 0.05) is 6.42 Å². The number of amides is 1. The van der Waals surface area contributed by atoms with Gasteiger partial charge in [0.05, 0.1) is 18.8 Å². The molecular formula is C38H73NO4. The molecule has 0 aromatic heterocycles. The molecule has 0 aliphatic carbocycles. The van der Waals surface area contributed by atoms with Crippen molar-refractivity contribution < 1.29 is 20.1 Å². The highest BCUT2D eigenvalue weighted by molar-refractivity contribution is 5.76. The summed E-state index contributed by atoms with van der Waals surface area (Å²) in [5, 5.41) is 33.3. The molecule has 0 rings (SSSR count). The van der Waals surface area contributed by atoms with E-state index < -0.39 is 18.2 Å². The number of carbonyl (C=O) groups excluding carboxylic acids is 1. The Morgan fingerprint density at radius 2 is 0.953 bits per heavy atom. The lowest BCUT2D eigenvalue weighted by Gasteiger charge is -2.26. The van der Waals surface area contributed by atoms with Crippen LogP contribution in [0.2, 0.25) is 0 Å². The summed E-state index contributed by atoms with van der Waals surface area (Å²) in [6.45, 7) is 4.13. The van der Waals surface area contributed by atoms with Crippen LogP contribution in [0.3, 0.4) is 0 Å². The van der Waals surface area contributed by atoms with Crippen LogP contribution < -0.4 is 5.32 Å². The second-order valence-corrected chi connectivity index (χ2v) is 12.8. The van der Waals surface area contributed by atoms with Gasteiger partial charge >= 0.3 is 0 Å². The van der Waals surface area contributed by atoms with Crippen LogP contribution in [0.25, 0.3) is 0 Å². The number of carbonyl (C=O) groups is 1. The average molecular weight is 608 g/mol. The smallest absolute Gasteiger partial charge is 0.220 e. The molecule has 5 heteroatoms. The zero-order valence-corrected chi connectivity index (χ0v) is 28.6. The van der Waals surface area contributed by atoms with Gasteiger partial charge < -0.3 is 20.6 Å². The fourth-order valence-electron chi connectivity index (χ4n) is 5.59. The van der Waals surface area contributed by atoms with E-state index in [1.807, 2.05) is 0 Å². The van der Waals surface area contributed by atoms with E-state index in [0.29, 0.717) is 12.8 Å². The van der Waals surface area contributed by atoms with Crippen molar-refractivity contribution in [2.24, 2.45) is 0 Å². The summed E-state index contributed by atoms with van der Waals surface area (Å²) in [5.74, 6) is -0.159. The van der Waals surface area contributed by atoms with Crippen molar-refractivity contribution in [3.63, 3.8) is 0 Å². The predicted octanol–water partition coefficient (Wildman–Crippen LogP) is 9.87. The molecule has 1 amide bonds. The maximum Gasteiger partial charge on any atom is 0.220 e. The van der Waals surface area contributed by atoms with E-state index in [9.17, 15) is 20.1 Å². The topological polar surface area (TPSA) is 89.8 Å². The van der Waals surface area contributed by atoms with Crippen molar-refractivity contribution in [1.29, 1.82) is 0 Å². The van der Waals surface area contributed by atoms with Gasteiger partial charge in [-0.2, -0.15) is 0 Å². The summed E-state index contributed by atoms with van der Waals surface area (Å²) in [5.41, 5.74) is 0. The average Bonchev–Trinajstić information content (AvgIpc) is 3.01. The quantitative estimate of drug-likeness (QED) is 0.0441. The number of allylic oxidation sites excluding steroid dienone is 4. The van der Waals surface area contributed by atoms with Crippen molar-refractivity contribution >= 4 is 5.91 Å². The van der Waals surface area contributed by atoms with Gasteiger partial charge in [-0.15, -0.1) is 0 Å². The molecule has 3 unspecified atom stereocenters. The molecule has 254 valence electrons. The van der Waals surface area contributed by atoms with Gasteiger partial charge in [0.25, 0.3) is 0 Å². The molecule has 0 aliphatic heterocycles. The van der Waals surface area contributed by atoms with Crippen LogP contribution in [0, 0.1) is 0 Å². The standard InChI is InChI=1S/C38H73NO4/c1-3-5-7-9-11-13-15-17-19-21-23-25-27-29-31-33-37(42)39-35(34-40)38(43)36(41)32-30-28-26-24-22-20-18-16-14-12-10-8-6-4-2/h16,18,24,26,35-36,38,40-41,43H,3-15,17,19-23,25,27-34H2,1-2H3,(H,39,42)/b18-16+,26-24+. The van der Waals surface area contributed by atoms with Crippen molar-refractivity contribution in [2.75, 3.05) is 6.61 Å². The Morgan fingerprint density at radius 3 is 1.42 bits per heavy atom. The number of hydrogen-bond acceptors (Lipinski definition) is 4. The third-order valence-electron chi connectivity index (χ3n) is 8.54. The first kappa shape index (κ1) is 41.8. The van der Waals surface area contributed by atoms with Crippen LogP contribution in [0.5, 0.6) is 0 Å². The second-order valence-electron chi connectivity index (χ2n) is 12.8. The van der Waals surface area contributed by atoms with E-state index in [1.165, 1.54) is 116 Å². The first-order valence-electron chi connectivity index (χ1n) is 18.6. The van der Waals surface area contributed by atoms with Crippen LogP contribution in [0.1, 0.15) is 187 Å². The summed E-state index contributed by atoms with van der Waals surface area (Å²) >= 11 is 0. The molecule has 0 aromatic carbocycles. The molecule has 0 bridgehead atoms. The lowest BCUT2D eigenvalue weighted by Crippen LogP contribution is -2.50. The maximum absolute atomic E-state index is 12.3. The van der Waals surface area contributed by atoms with Gasteiger partial charge in [-0.3, -0.25) is 4.79 Å². The van der Waals surface area contributed by atoms with Gasteiger partial charge in [-0.25, -0.2) is 0 Å². The Kier molecular flexibility index (Phi) is 32.8. The molecule has 0 saturated carbocycles. The largest absolute Gasteiger partial charge is 0.394 e. The van der Waals surface area contributed by atoms with Gasteiger partial charge in [0.2, 0.25) is 5.91 Å². The van der Waals surface area contributed by atoms with Crippen LogP contribution in [0.15, 0.2) is 24.3 Å². The number of nitrogens with one attached hydrogen (secondary N) is 1. The maximum atomic E-state index is 12.3. The van der Waals surface area contributed by atoms with Crippen molar-refractivity contribution in [2.45, 2.75) is 205 Å². The molecule has 0 radical (unpaired) electrons. The first-order chi connectivity index (χ1) is 21.1. The molecule has 0 aromatic rings. The van der Waals surface area contributed by atoms with Crippen LogP contribution >= 0.6 is 0 Å². The Labute approximate surface area is 267 Å². The van der Waals surface area contributed by atoms with Gasteiger partial charge in [0.15, 0.2) is 0 Å². The highest BCUT2D eigenvalue weighted by Gasteiger charge is 2.26. The lowest BCUT2D eigenvalue weighted by molar-refractivity contribution is -0.124. The second kappa shape index (κ2) is 33.7. The lowest BCUT2D eigenvalue weighted by atomic mass is 10.0. The predicted molar refractivity (Wildman–Crippen MR) is 185 cm³/mol. The molecule has 5 nitrogen and oxygen atoms in total. The van der Waals surface area contributed by atoms with E-state index in [0.717, 1.165) is 44.9 Å². The molecular weight excluding hydrogens is 534 g/mol. The summed E-state index contributed by atoms with van der Waals surface area (Å²) in [7, 11) is 0. The summed E-state index contributed by atoms with van der Waals surface area (Å²) < 4.78 is 0. The number of aliphatic hydroxyl groups excluding tert-OH is 3. The zero-order chi connectivity index (χ0) is 31.6. The summed E-state index contributed by atoms with van der Waals surface area (Å²) in [6, 6.07) is -0.826. The van der Waals surface area contributed by atoms with Gasteiger partial charge in [0.1, 0.15) is 6.10 Å². The molecule has 4 N–H and O–H groups in total. The number of aliphatic hydroxyl groups is 3. The minimum absolute atomic E-state index is 0.159. The first-order valence-corrected chi connectivity index (χ1v) is 18.6. The van der Waals surface area contributed by atoms with E-state index in [1.54, 1.807) is 0 Å². The van der Waals surface area contributed by atoms with E-state index in [2.05, 4.69) is 43.5 Å². The summed E-state index contributed by atoms with van der Waals surface area (Å²) in [4.78, 5) is 12.3. The molecule has 43 heavy (non-hydrogen) atoms. The summed E-state index contributed by atoms with van der Waals surface area (Å²) in [6.07, 6.45) is 38.4. The van der Waals surface area contributed by atoms with E-state index in [4.69, 9.17) is 0 Å². The van der Waals surface area contributed by atoms with Crippen LogP contribution in [0.4, 0.5) is 0 Å². The third kappa shape index (κ3) is 29.3. The molecule has 0 saturated heterocycles. The molecule has 3 atom stereocenters. The third-order valence-corrected chi connectivity index (χ3v) is 8.54. The van der Waals surface area contributed by atoms with Crippen molar-refractivity contribution in [3.8, 4) is 0 Å². The fraction of sp³-hybridized carbons (Fsp3) is 0.868. The number of unbranched alkanes of at least 4 members (excludes halogenated alkanes) is 21. The highest BCUT2D eigenvalue weighted by Crippen LogP contribution is 2.14.